The number of aromatic amines is 1. The summed E-state index contributed by atoms with van der Waals surface area (Å²) in [5, 5.41) is 1.18. The SMILES string of the molecule is CN1CCOc2cc(/C=C/c3cc[n+](CCSc4[nH]cc[n+]4C)cc3)ccc21. The van der Waals surface area contributed by atoms with Gasteiger partial charge in [-0.25, -0.2) is 14.1 Å². The predicted octanol–water partition coefficient (Wildman–Crippen LogP) is 2.92. The zero-order valence-corrected chi connectivity index (χ0v) is 17.2. The van der Waals surface area contributed by atoms with Gasteiger partial charge in [-0.2, -0.15) is 0 Å². The number of aryl methyl sites for hydroxylation is 2. The first-order chi connectivity index (χ1) is 13.7. The van der Waals surface area contributed by atoms with E-state index in [1.807, 2.05) is 24.2 Å². The topological polar surface area (TPSA) is 36.0 Å². The molecular formula is C22H26N4OS+2. The molecule has 0 saturated heterocycles. The van der Waals surface area contributed by atoms with E-state index in [1.54, 1.807) is 0 Å². The number of H-pyrrole nitrogens is 1. The Balaban J connectivity index is 1.34. The Morgan fingerprint density at radius 1 is 1.14 bits per heavy atom. The molecule has 6 heteroatoms. The molecule has 0 spiro atoms. The van der Waals surface area contributed by atoms with Crippen LogP contribution < -0.4 is 18.8 Å². The van der Waals surface area contributed by atoms with Gasteiger partial charge in [0.05, 0.1) is 25.0 Å². The van der Waals surface area contributed by atoms with Gasteiger partial charge in [0.1, 0.15) is 24.8 Å². The van der Waals surface area contributed by atoms with Gasteiger partial charge in [-0.05, 0) is 35.0 Å². The molecule has 0 atom stereocenters. The van der Waals surface area contributed by atoms with Crippen molar-refractivity contribution in [2.24, 2.45) is 7.05 Å². The first-order valence-electron chi connectivity index (χ1n) is 9.50. The molecule has 2 aromatic heterocycles. The molecule has 0 saturated carbocycles. The lowest BCUT2D eigenvalue weighted by Gasteiger charge is -2.27. The summed E-state index contributed by atoms with van der Waals surface area (Å²) in [5.74, 6) is 1.99. The van der Waals surface area contributed by atoms with Gasteiger partial charge >= 0.3 is 5.16 Å². The van der Waals surface area contributed by atoms with Crippen molar-refractivity contribution in [3.05, 3.63) is 66.2 Å². The first-order valence-corrected chi connectivity index (χ1v) is 10.5. The van der Waals surface area contributed by atoms with E-state index in [4.69, 9.17) is 4.74 Å². The molecule has 1 aliphatic rings. The lowest BCUT2D eigenvalue weighted by Crippen LogP contribution is -2.34. The van der Waals surface area contributed by atoms with E-state index >= 15 is 0 Å². The van der Waals surface area contributed by atoms with Crippen LogP contribution in [0.1, 0.15) is 11.1 Å². The number of imidazole rings is 1. The third-order valence-corrected chi connectivity index (χ3v) is 5.94. The molecule has 0 aliphatic carbocycles. The normalized spacial score (nSPS) is 13.6. The minimum absolute atomic E-state index is 0.746. The number of benzene rings is 1. The summed E-state index contributed by atoms with van der Waals surface area (Å²) in [6, 6.07) is 10.7. The van der Waals surface area contributed by atoms with Gasteiger partial charge in [-0.1, -0.05) is 18.2 Å². The fraction of sp³-hybridized carbons (Fsp3) is 0.273. The van der Waals surface area contributed by atoms with Crippen molar-refractivity contribution < 1.29 is 13.9 Å². The van der Waals surface area contributed by atoms with Gasteiger partial charge in [-0.3, -0.25) is 0 Å². The molecule has 0 unspecified atom stereocenters. The maximum absolute atomic E-state index is 5.79. The number of hydrogen-bond donors (Lipinski definition) is 1. The smallest absolute Gasteiger partial charge is 0.315 e. The van der Waals surface area contributed by atoms with Gasteiger partial charge < -0.3 is 9.64 Å². The Morgan fingerprint density at radius 2 is 1.96 bits per heavy atom. The molecule has 144 valence electrons. The van der Waals surface area contributed by atoms with Crippen LogP contribution in [0.2, 0.25) is 0 Å². The average Bonchev–Trinajstić information content (AvgIpc) is 3.12. The van der Waals surface area contributed by atoms with Gasteiger partial charge in [0.25, 0.3) is 0 Å². The van der Waals surface area contributed by atoms with Crippen molar-refractivity contribution in [1.82, 2.24) is 4.98 Å². The van der Waals surface area contributed by atoms with Crippen LogP contribution in [0.25, 0.3) is 12.2 Å². The van der Waals surface area contributed by atoms with Crippen molar-refractivity contribution in [1.29, 1.82) is 0 Å². The Morgan fingerprint density at radius 3 is 2.75 bits per heavy atom. The van der Waals surface area contributed by atoms with E-state index in [1.165, 1.54) is 10.7 Å². The second kappa shape index (κ2) is 8.52. The summed E-state index contributed by atoms with van der Waals surface area (Å²) < 4.78 is 10.1. The number of nitrogens with one attached hydrogen (secondary N) is 1. The molecule has 3 aromatic rings. The molecule has 1 aromatic carbocycles. The van der Waals surface area contributed by atoms with E-state index < -0.39 is 0 Å². The minimum Gasteiger partial charge on any atom is -0.490 e. The summed E-state index contributed by atoms with van der Waals surface area (Å²) >= 11 is 1.83. The Bertz CT molecular complexity index is 965. The number of hydrogen-bond acceptors (Lipinski definition) is 3. The van der Waals surface area contributed by atoms with Crippen LogP contribution in [0.4, 0.5) is 5.69 Å². The maximum atomic E-state index is 5.79. The highest BCUT2D eigenvalue weighted by Crippen LogP contribution is 2.31. The van der Waals surface area contributed by atoms with Crippen LogP contribution in [0.5, 0.6) is 5.75 Å². The Labute approximate surface area is 170 Å². The first kappa shape index (κ1) is 18.6. The molecule has 1 aliphatic heterocycles. The third kappa shape index (κ3) is 4.39. The number of anilines is 1. The highest BCUT2D eigenvalue weighted by atomic mass is 32.2. The van der Waals surface area contributed by atoms with Crippen LogP contribution in [0.3, 0.4) is 0 Å². The highest BCUT2D eigenvalue weighted by molar-refractivity contribution is 7.99. The van der Waals surface area contributed by atoms with E-state index in [0.717, 1.165) is 42.4 Å². The fourth-order valence-electron chi connectivity index (χ4n) is 3.18. The van der Waals surface area contributed by atoms with E-state index in [-0.39, 0.29) is 0 Å². The van der Waals surface area contributed by atoms with Crippen molar-refractivity contribution in [3.8, 4) is 5.75 Å². The quantitative estimate of drug-likeness (QED) is 0.516. The summed E-state index contributed by atoms with van der Waals surface area (Å²) in [6.07, 6.45) is 12.6. The van der Waals surface area contributed by atoms with Gasteiger partial charge in [-0.15, -0.1) is 0 Å². The molecule has 0 bridgehead atoms. The van der Waals surface area contributed by atoms with E-state index in [0.29, 0.717) is 0 Å². The van der Waals surface area contributed by atoms with Crippen LogP contribution >= 0.6 is 11.8 Å². The standard InChI is InChI=1S/C22H25N4OS/c1-24-13-15-27-21-17-19(5-6-20(21)24)4-3-18-7-10-26(11-8-18)14-16-28-22-23-9-12-25(22)2/h3-12,17H,13-16H2,1-2H3/q+1/p+1. The number of thioether (sulfide) groups is 1. The number of rotatable bonds is 6. The van der Waals surface area contributed by atoms with Gasteiger partial charge in [0, 0.05) is 19.2 Å². The monoisotopic (exact) mass is 394 g/mol. The number of pyridine rings is 1. The lowest BCUT2D eigenvalue weighted by atomic mass is 10.1. The zero-order valence-electron chi connectivity index (χ0n) is 16.3. The third-order valence-electron chi connectivity index (χ3n) is 4.88. The van der Waals surface area contributed by atoms with E-state index in [2.05, 4.69) is 88.0 Å². The molecule has 3 heterocycles. The predicted molar refractivity (Wildman–Crippen MR) is 113 cm³/mol. The summed E-state index contributed by atoms with van der Waals surface area (Å²) in [5.41, 5.74) is 3.51. The van der Waals surface area contributed by atoms with Gasteiger partial charge in [0.15, 0.2) is 18.9 Å². The zero-order chi connectivity index (χ0) is 19.3. The molecule has 1 N–H and O–H groups in total. The summed E-state index contributed by atoms with van der Waals surface area (Å²) in [6.45, 7) is 2.66. The molecule has 0 radical (unpaired) electrons. The van der Waals surface area contributed by atoms with Crippen LogP contribution in [0.15, 0.2) is 60.3 Å². The van der Waals surface area contributed by atoms with Crippen LogP contribution in [-0.4, -0.2) is 30.9 Å². The van der Waals surface area contributed by atoms with Gasteiger partial charge in [0.2, 0.25) is 0 Å². The average molecular weight is 395 g/mol. The molecule has 4 rings (SSSR count). The van der Waals surface area contributed by atoms with Crippen molar-refractivity contribution in [2.75, 3.05) is 30.9 Å². The molecule has 28 heavy (non-hydrogen) atoms. The summed E-state index contributed by atoms with van der Waals surface area (Å²) in [4.78, 5) is 5.48. The number of aromatic nitrogens is 3. The van der Waals surface area contributed by atoms with Crippen molar-refractivity contribution >= 4 is 29.6 Å². The maximum Gasteiger partial charge on any atom is 0.315 e. The van der Waals surface area contributed by atoms with Crippen LogP contribution in [-0.2, 0) is 13.6 Å². The molecule has 5 nitrogen and oxygen atoms in total. The fourth-order valence-corrected chi connectivity index (χ4v) is 4.09. The van der Waals surface area contributed by atoms with Crippen molar-refractivity contribution in [2.45, 2.75) is 11.7 Å². The molecule has 0 fully saturated rings. The number of likely N-dealkylation sites (N-methyl/N-ethyl adjacent to an activating group) is 1. The summed E-state index contributed by atoms with van der Waals surface area (Å²) in [7, 11) is 4.16. The second-order valence-electron chi connectivity index (χ2n) is 6.92. The number of nitrogens with zero attached hydrogens (tertiary/aromatic N) is 3. The van der Waals surface area contributed by atoms with Crippen molar-refractivity contribution in [3.63, 3.8) is 0 Å². The van der Waals surface area contributed by atoms with E-state index in [9.17, 15) is 0 Å². The molecular weight excluding hydrogens is 368 g/mol. The number of ether oxygens (including phenoxy) is 1. The minimum atomic E-state index is 0.746. The largest absolute Gasteiger partial charge is 0.490 e. The van der Waals surface area contributed by atoms with Crippen LogP contribution in [0, 0.1) is 0 Å². The molecule has 0 amide bonds. The Hall–Kier alpha value is -2.73. The number of fused-ring (bicyclic) bond motifs is 1. The second-order valence-corrected chi connectivity index (χ2v) is 8.01. The lowest BCUT2D eigenvalue weighted by molar-refractivity contribution is -0.708. The Kier molecular flexibility index (Phi) is 5.67. The highest BCUT2D eigenvalue weighted by Gasteiger charge is 2.14.